The van der Waals surface area contributed by atoms with E-state index in [0.29, 0.717) is 28.2 Å². The van der Waals surface area contributed by atoms with Gasteiger partial charge in [-0.15, -0.1) is 11.3 Å². The van der Waals surface area contributed by atoms with Crippen LogP contribution in [0.1, 0.15) is 19.8 Å². The van der Waals surface area contributed by atoms with Crippen LogP contribution in [0.2, 0.25) is 5.02 Å². The van der Waals surface area contributed by atoms with Crippen LogP contribution >= 0.6 is 38.9 Å². The van der Waals surface area contributed by atoms with Crippen molar-refractivity contribution in [1.29, 1.82) is 0 Å². The van der Waals surface area contributed by atoms with Gasteiger partial charge in [-0.3, -0.25) is 0 Å². The quantitative estimate of drug-likeness (QED) is 0.579. The van der Waals surface area contributed by atoms with Gasteiger partial charge in [0.2, 0.25) is 6.08 Å². The van der Waals surface area contributed by atoms with E-state index in [1.54, 1.807) is 0 Å². The van der Waals surface area contributed by atoms with Crippen LogP contribution in [0.25, 0.3) is 0 Å². The molecule has 1 fully saturated rings. The second kappa shape index (κ2) is 6.25. The predicted octanol–water partition coefficient (Wildman–Crippen LogP) is 3.04. The molecule has 1 aliphatic heterocycles. The second-order valence-electron chi connectivity index (χ2n) is 4.55. The number of aliphatic imine (C=N–C) groups is 1. The Bertz CT molecular complexity index is 635. The van der Waals surface area contributed by atoms with E-state index in [-0.39, 0.29) is 16.3 Å². The first-order valence-electron chi connectivity index (χ1n) is 5.90. The van der Waals surface area contributed by atoms with Gasteiger partial charge in [-0.2, -0.15) is 4.31 Å². The Morgan fingerprint density at radius 3 is 2.80 bits per heavy atom. The minimum atomic E-state index is -3.55. The summed E-state index contributed by atoms with van der Waals surface area (Å²) in [6.07, 6.45) is 2.59. The minimum absolute atomic E-state index is 0.146. The Morgan fingerprint density at radius 2 is 2.30 bits per heavy atom. The van der Waals surface area contributed by atoms with Crippen LogP contribution in [0.3, 0.4) is 0 Å². The van der Waals surface area contributed by atoms with Gasteiger partial charge in [-0.05, 0) is 41.8 Å². The van der Waals surface area contributed by atoms with Gasteiger partial charge in [0.25, 0.3) is 10.0 Å². The second-order valence-corrected chi connectivity index (χ2v) is 9.45. The van der Waals surface area contributed by atoms with Gasteiger partial charge in [-0.25, -0.2) is 18.2 Å². The normalized spacial score (nSPS) is 24.4. The summed E-state index contributed by atoms with van der Waals surface area (Å²) in [4.78, 5) is 14.0. The van der Waals surface area contributed by atoms with Crippen LogP contribution in [0.5, 0.6) is 0 Å². The molecule has 0 N–H and O–H groups in total. The number of hydrogen-bond donors (Lipinski definition) is 0. The third-order valence-corrected chi connectivity index (χ3v) is 8.15. The number of halogens is 2. The summed E-state index contributed by atoms with van der Waals surface area (Å²) in [6, 6.07) is 1.09. The van der Waals surface area contributed by atoms with Crippen molar-refractivity contribution in [3.63, 3.8) is 0 Å². The predicted molar refractivity (Wildman–Crippen MR) is 81.5 cm³/mol. The fourth-order valence-corrected chi connectivity index (χ4v) is 6.43. The summed E-state index contributed by atoms with van der Waals surface area (Å²) < 4.78 is 27.4. The van der Waals surface area contributed by atoms with E-state index < -0.39 is 10.0 Å². The lowest BCUT2D eigenvalue weighted by Crippen LogP contribution is -2.45. The van der Waals surface area contributed by atoms with Gasteiger partial charge in [0.15, 0.2) is 0 Å². The zero-order valence-corrected chi connectivity index (χ0v) is 14.5. The average Bonchev–Trinajstić information content (AvgIpc) is 2.70. The molecule has 9 heteroatoms. The number of hydrogen-bond acceptors (Lipinski definition) is 5. The van der Waals surface area contributed by atoms with E-state index in [0.717, 1.165) is 11.3 Å². The van der Waals surface area contributed by atoms with Crippen molar-refractivity contribution in [2.24, 2.45) is 4.99 Å². The minimum Gasteiger partial charge on any atom is -0.211 e. The standard InChI is InChI=1S/C11H12BrClN2O3S2/c1-7-4-8(14-6-16)2-3-15(7)20(17,18)10-5-9(13)11(12)19-10/h5,7-8H,2-4H2,1H3. The van der Waals surface area contributed by atoms with E-state index in [1.165, 1.54) is 16.5 Å². The molecule has 1 aromatic rings. The number of carbonyl (C=O) groups excluding carboxylic acids is 1. The highest BCUT2D eigenvalue weighted by Crippen LogP contribution is 2.37. The topological polar surface area (TPSA) is 66.8 Å². The third-order valence-electron chi connectivity index (χ3n) is 3.21. The third kappa shape index (κ3) is 3.16. The summed E-state index contributed by atoms with van der Waals surface area (Å²) in [5.41, 5.74) is 0. The first-order valence-corrected chi connectivity index (χ1v) is 9.32. The zero-order valence-electron chi connectivity index (χ0n) is 10.5. The van der Waals surface area contributed by atoms with Crippen molar-refractivity contribution in [3.05, 3.63) is 14.9 Å². The van der Waals surface area contributed by atoms with E-state index in [1.807, 2.05) is 6.92 Å². The first-order chi connectivity index (χ1) is 9.36. The molecule has 5 nitrogen and oxygen atoms in total. The highest BCUT2D eigenvalue weighted by atomic mass is 79.9. The van der Waals surface area contributed by atoms with Crippen LogP contribution in [-0.4, -0.2) is 37.4 Å². The van der Waals surface area contributed by atoms with Crippen molar-refractivity contribution in [1.82, 2.24) is 4.31 Å². The first kappa shape index (κ1) is 16.1. The molecule has 2 heterocycles. The summed E-state index contributed by atoms with van der Waals surface area (Å²) >= 11 is 10.2. The lowest BCUT2D eigenvalue weighted by molar-refractivity contribution is 0.248. The molecule has 0 bridgehead atoms. The highest BCUT2D eigenvalue weighted by molar-refractivity contribution is 9.11. The van der Waals surface area contributed by atoms with Gasteiger partial charge in [-0.1, -0.05) is 11.6 Å². The Labute approximate surface area is 134 Å². The molecule has 2 rings (SSSR count). The van der Waals surface area contributed by atoms with Crippen molar-refractivity contribution >= 4 is 55.0 Å². The maximum atomic E-state index is 12.6. The Morgan fingerprint density at radius 1 is 1.60 bits per heavy atom. The van der Waals surface area contributed by atoms with Crippen LogP contribution in [0.4, 0.5) is 0 Å². The average molecular weight is 400 g/mol. The van der Waals surface area contributed by atoms with Crippen LogP contribution in [-0.2, 0) is 14.8 Å². The molecule has 0 radical (unpaired) electrons. The number of nitrogens with zero attached hydrogens (tertiary/aromatic N) is 2. The van der Waals surface area contributed by atoms with Crippen molar-refractivity contribution in [2.45, 2.75) is 36.1 Å². The fourth-order valence-electron chi connectivity index (χ4n) is 2.24. The van der Waals surface area contributed by atoms with Gasteiger partial charge in [0.05, 0.1) is 14.9 Å². The number of rotatable bonds is 3. The van der Waals surface area contributed by atoms with Crippen molar-refractivity contribution in [2.75, 3.05) is 6.54 Å². The van der Waals surface area contributed by atoms with E-state index in [2.05, 4.69) is 20.9 Å². The Balaban J connectivity index is 2.25. The van der Waals surface area contributed by atoms with Gasteiger partial charge >= 0.3 is 0 Å². The summed E-state index contributed by atoms with van der Waals surface area (Å²) in [5.74, 6) is 0. The summed E-state index contributed by atoms with van der Waals surface area (Å²) in [6.45, 7) is 2.15. The van der Waals surface area contributed by atoms with Crippen LogP contribution in [0.15, 0.2) is 19.1 Å². The number of piperidine rings is 1. The van der Waals surface area contributed by atoms with E-state index >= 15 is 0 Å². The molecule has 1 saturated heterocycles. The van der Waals surface area contributed by atoms with E-state index in [4.69, 9.17) is 11.6 Å². The summed E-state index contributed by atoms with van der Waals surface area (Å²) in [5, 5.41) is 0.390. The molecule has 1 aliphatic rings. The Kier molecular flexibility index (Phi) is 5.05. The number of thiophene rings is 1. The van der Waals surface area contributed by atoms with Gasteiger partial charge in [0.1, 0.15) is 4.21 Å². The zero-order chi connectivity index (χ0) is 14.9. The van der Waals surface area contributed by atoms with E-state index in [9.17, 15) is 13.2 Å². The molecule has 1 aromatic heterocycles. The lowest BCUT2D eigenvalue weighted by Gasteiger charge is -2.34. The van der Waals surface area contributed by atoms with Gasteiger partial charge in [0, 0.05) is 12.6 Å². The molecule has 2 atom stereocenters. The largest absolute Gasteiger partial charge is 0.252 e. The number of sulfonamides is 1. The monoisotopic (exact) mass is 398 g/mol. The molecule has 0 aromatic carbocycles. The van der Waals surface area contributed by atoms with Crippen LogP contribution < -0.4 is 0 Å². The molecule has 20 heavy (non-hydrogen) atoms. The maximum absolute atomic E-state index is 12.6. The molecule has 2 unspecified atom stereocenters. The molecule has 0 saturated carbocycles. The van der Waals surface area contributed by atoms with Crippen LogP contribution in [0, 0.1) is 0 Å². The van der Waals surface area contributed by atoms with Crippen molar-refractivity contribution in [3.8, 4) is 0 Å². The lowest BCUT2D eigenvalue weighted by atomic mass is 10.0. The van der Waals surface area contributed by atoms with Crippen molar-refractivity contribution < 1.29 is 13.2 Å². The SMILES string of the molecule is CC1CC(N=C=O)CCN1S(=O)(=O)c1cc(Cl)c(Br)s1. The molecule has 0 aliphatic carbocycles. The number of isocyanates is 1. The molecular formula is C11H12BrClN2O3S2. The molecule has 0 amide bonds. The molecule has 0 spiro atoms. The molecule has 110 valence electrons. The summed E-state index contributed by atoms with van der Waals surface area (Å²) in [7, 11) is -3.55. The highest BCUT2D eigenvalue weighted by Gasteiger charge is 2.35. The Hall–Kier alpha value is -0.240. The van der Waals surface area contributed by atoms with Gasteiger partial charge < -0.3 is 0 Å². The molecular weight excluding hydrogens is 388 g/mol. The maximum Gasteiger partial charge on any atom is 0.252 e. The fraction of sp³-hybridized carbons (Fsp3) is 0.545. The smallest absolute Gasteiger partial charge is 0.211 e.